The maximum atomic E-state index is 12.3. The van der Waals surface area contributed by atoms with Crippen LogP contribution in [0.2, 0.25) is 0 Å². The summed E-state index contributed by atoms with van der Waals surface area (Å²) < 4.78 is 4.61. The van der Waals surface area contributed by atoms with Gasteiger partial charge in [-0.2, -0.15) is 0 Å². The molecular formula is C39H52N2O4S. The smallest absolute Gasteiger partial charge is 0.408 e. The summed E-state index contributed by atoms with van der Waals surface area (Å²) in [6.07, 6.45) is 13.8. The van der Waals surface area contributed by atoms with Crippen LogP contribution in [0.3, 0.4) is 0 Å². The van der Waals surface area contributed by atoms with Crippen molar-refractivity contribution >= 4 is 23.8 Å². The number of aliphatic carboxylic acids is 1. The van der Waals surface area contributed by atoms with Crippen molar-refractivity contribution in [2.45, 2.75) is 113 Å². The molecule has 0 aliphatic heterocycles. The van der Waals surface area contributed by atoms with Crippen molar-refractivity contribution in [3.63, 3.8) is 0 Å². The number of carbonyl (C=O) groups is 2. The largest absolute Gasteiger partial charge is 0.480 e. The van der Waals surface area contributed by atoms with E-state index in [0.717, 1.165) is 28.8 Å². The Bertz CT molecular complexity index is 1210. The average Bonchev–Trinajstić information content (AvgIpc) is 3.06. The van der Waals surface area contributed by atoms with Crippen molar-refractivity contribution in [1.82, 2.24) is 10.6 Å². The molecule has 0 aromatic heterocycles. The van der Waals surface area contributed by atoms with Gasteiger partial charge in [0.25, 0.3) is 0 Å². The number of nitrogens with one attached hydrogen (secondary N) is 2. The fourth-order valence-electron chi connectivity index (χ4n) is 6.47. The zero-order valence-corrected chi connectivity index (χ0v) is 28.6. The molecule has 6 nitrogen and oxygen atoms in total. The highest BCUT2D eigenvalue weighted by Gasteiger charge is 2.38. The highest BCUT2D eigenvalue weighted by atomic mass is 32.2. The molecule has 248 valence electrons. The van der Waals surface area contributed by atoms with Crippen LogP contribution >= 0.6 is 11.8 Å². The highest BCUT2D eigenvalue weighted by Crippen LogP contribution is 2.48. The Hall–Kier alpha value is -3.29. The van der Waals surface area contributed by atoms with Crippen LogP contribution < -0.4 is 10.6 Å². The molecule has 0 bridgehead atoms. The third-order valence-corrected chi connectivity index (χ3v) is 10.3. The number of ether oxygens (including phenoxy) is 1. The van der Waals surface area contributed by atoms with E-state index in [9.17, 15) is 14.7 Å². The van der Waals surface area contributed by atoms with Crippen LogP contribution in [0.1, 0.15) is 102 Å². The summed E-state index contributed by atoms with van der Waals surface area (Å²) in [5, 5.41) is 16.2. The van der Waals surface area contributed by atoms with E-state index >= 15 is 0 Å². The second-order valence-electron chi connectivity index (χ2n) is 13.5. The molecule has 3 N–H and O–H groups in total. The van der Waals surface area contributed by atoms with Crippen molar-refractivity contribution < 1.29 is 19.4 Å². The Morgan fingerprint density at radius 2 is 1.11 bits per heavy atom. The van der Waals surface area contributed by atoms with Crippen LogP contribution in [0.15, 0.2) is 91.0 Å². The first kappa shape index (κ1) is 35.6. The molecule has 0 heterocycles. The summed E-state index contributed by atoms with van der Waals surface area (Å²) in [5.41, 5.74) is 2.35. The van der Waals surface area contributed by atoms with Crippen molar-refractivity contribution in [2.75, 3.05) is 5.75 Å². The molecule has 2 aliphatic rings. The lowest BCUT2D eigenvalue weighted by molar-refractivity contribution is -0.138. The molecule has 2 aliphatic carbocycles. The maximum Gasteiger partial charge on any atom is 0.408 e. The second-order valence-corrected chi connectivity index (χ2v) is 14.7. The number of carboxylic acids is 1. The third kappa shape index (κ3) is 10.6. The summed E-state index contributed by atoms with van der Waals surface area (Å²) >= 11 is 1.47. The van der Waals surface area contributed by atoms with Crippen molar-refractivity contribution in [1.29, 1.82) is 0 Å². The molecule has 3 aromatic rings. The van der Waals surface area contributed by atoms with E-state index in [4.69, 9.17) is 4.74 Å². The van der Waals surface area contributed by atoms with Gasteiger partial charge in [0, 0.05) is 17.8 Å². The zero-order chi connectivity index (χ0) is 32.8. The molecular weight excluding hydrogens is 593 g/mol. The average molecular weight is 645 g/mol. The normalized spacial score (nSPS) is 16.8. The van der Waals surface area contributed by atoms with Gasteiger partial charge in [-0.1, -0.05) is 130 Å². The molecule has 1 atom stereocenters. The first-order valence-corrected chi connectivity index (χ1v) is 17.9. The lowest BCUT2D eigenvalue weighted by Gasteiger charge is -2.36. The van der Waals surface area contributed by atoms with Crippen LogP contribution in [0, 0.1) is 0 Å². The fraction of sp³-hybridized carbons (Fsp3) is 0.487. The van der Waals surface area contributed by atoms with E-state index in [-0.39, 0.29) is 5.75 Å². The molecule has 0 saturated heterocycles. The Labute approximate surface area is 280 Å². The van der Waals surface area contributed by atoms with Crippen LogP contribution in [-0.4, -0.2) is 46.6 Å². The highest BCUT2D eigenvalue weighted by molar-refractivity contribution is 8.00. The summed E-state index contributed by atoms with van der Waals surface area (Å²) in [4.78, 5) is 24.3. The minimum Gasteiger partial charge on any atom is -0.480 e. The molecule has 7 heteroatoms. The third-order valence-electron chi connectivity index (χ3n) is 8.68. The maximum absolute atomic E-state index is 12.3. The van der Waals surface area contributed by atoms with Crippen LogP contribution in [0.5, 0.6) is 0 Å². The van der Waals surface area contributed by atoms with Crippen LogP contribution in [0.25, 0.3) is 0 Å². The number of amides is 1. The standard InChI is InChI=1S/C27H29NO4S.C12H23N/c1-26(2,3)32-25(31)28-23(24(29)30)19-33-27(20-13-7-4-8-14-20,21-15-9-5-10-16-21)22-17-11-6-12-18-22;1-3-7-11(8-4-1)13-12-9-5-2-6-10-12/h4-18,23H,19H2,1-3H3,(H,28,31)(H,29,30);11-13H,1-10H2. The molecule has 2 saturated carbocycles. The van der Waals surface area contributed by atoms with Gasteiger partial charge in [-0.05, 0) is 63.1 Å². The van der Waals surface area contributed by atoms with Gasteiger partial charge in [-0.25, -0.2) is 9.59 Å². The van der Waals surface area contributed by atoms with Gasteiger partial charge < -0.3 is 20.5 Å². The SMILES string of the molecule is C1CCC(NC2CCCCC2)CC1.CC(C)(C)OC(=O)NC(CSC(c1ccccc1)(c1ccccc1)c1ccccc1)C(=O)O. The molecule has 46 heavy (non-hydrogen) atoms. The summed E-state index contributed by atoms with van der Waals surface area (Å²) in [5.74, 6) is -0.982. The lowest BCUT2D eigenvalue weighted by atomic mass is 9.84. The number of hydrogen-bond donors (Lipinski definition) is 3. The second kappa shape index (κ2) is 17.6. The van der Waals surface area contributed by atoms with Gasteiger partial charge in [-0.3, -0.25) is 0 Å². The van der Waals surface area contributed by atoms with E-state index in [1.807, 2.05) is 91.0 Å². The van der Waals surface area contributed by atoms with Gasteiger partial charge in [0.2, 0.25) is 0 Å². The molecule has 1 unspecified atom stereocenters. The number of benzene rings is 3. The van der Waals surface area contributed by atoms with Crippen LogP contribution in [-0.2, 0) is 14.3 Å². The van der Waals surface area contributed by atoms with Crippen molar-refractivity contribution in [3.05, 3.63) is 108 Å². The Morgan fingerprint density at radius 1 is 0.717 bits per heavy atom. The van der Waals surface area contributed by atoms with E-state index in [1.165, 1.54) is 76.0 Å². The number of carboxylic acid groups (broad SMARTS) is 1. The van der Waals surface area contributed by atoms with Gasteiger partial charge in [0.1, 0.15) is 11.6 Å². The molecule has 5 rings (SSSR count). The zero-order valence-electron chi connectivity index (χ0n) is 27.8. The first-order valence-electron chi connectivity index (χ1n) is 17.0. The van der Waals surface area contributed by atoms with Crippen molar-refractivity contribution in [2.24, 2.45) is 0 Å². The Kier molecular flexibility index (Phi) is 13.6. The Balaban J connectivity index is 0.000000305. The number of rotatable bonds is 10. The predicted octanol–water partition coefficient (Wildman–Crippen LogP) is 8.93. The lowest BCUT2D eigenvalue weighted by Crippen LogP contribution is -2.45. The van der Waals surface area contributed by atoms with Gasteiger partial charge >= 0.3 is 12.1 Å². The minimum atomic E-state index is -1.12. The summed E-state index contributed by atoms with van der Waals surface area (Å²) in [6, 6.07) is 30.6. The topological polar surface area (TPSA) is 87.7 Å². The van der Waals surface area contributed by atoms with E-state index < -0.39 is 28.5 Å². The van der Waals surface area contributed by atoms with Gasteiger partial charge in [0.15, 0.2) is 0 Å². The number of thioether (sulfide) groups is 1. The first-order chi connectivity index (χ1) is 22.2. The predicted molar refractivity (Wildman–Crippen MR) is 189 cm³/mol. The quantitative estimate of drug-likeness (QED) is 0.191. The summed E-state index contributed by atoms with van der Waals surface area (Å²) in [7, 11) is 0. The summed E-state index contributed by atoms with van der Waals surface area (Å²) in [6.45, 7) is 5.22. The van der Waals surface area contributed by atoms with E-state index in [0.29, 0.717) is 0 Å². The Morgan fingerprint density at radius 3 is 1.46 bits per heavy atom. The number of hydrogen-bond acceptors (Lipinski definition) is 5. The fourth-order valence-corrected chi connectivity index (χ4v) is 8.02. The van der Waals surface area contributed by atoms with E-state index in [1.54, 1.807) is 20.8 Å². The number of carbonyl (C=O) groups excluding carboxylic acids is 1. The van der Waals surface area contributed by atoms with Crippen LogP contribution in [0.4, 0.5) is 4.79 Å². The molecule has 0 spiro atoms. The van der Waals surface area contributed by atoms with Gasteiger partial charge in [-0.15, -0.1) is 11.8 Å². The molecule has 0 radical (unpaired) electrons. The number of alkyl carbamates (subject to hydrolysis) is 1. The van der Waals surface area contributed by atoms with Gasteiger partial charge in [0.05, 0.1) is 4.75 Å². The minimum absolute atomic E-state index is 0.132. The monoisotopic (exact) mass is 644 g/mol. The molecule has 1 amide bonds. The van der Waals surface area contributed by atoms with E-state index in [2.05, 4.69) is 10.6 Å². The molecule has 2 fully saturated rings. The van der Waals surface area contributed by atoms with Crippen molar-refractivity contribution in [3.8, 4) is 0 Å². The molecule has 3 aromatic carbocycles.